The van der Waals surface area contributed by atoms with Crippen LogP contribution in [0.15, 0.2) is 42.5 Å². The van der Waals surface area contributed by atoms with Crippen LogP contribution in [0.3, 0.4) is 0 Å². The summed E-state index contributed by atoms with van der Waals surface area (Å²) in [6.07, 6.45) is 4.25. The van der Waals surface area contributed by atoms with Gasteiger partial charge < -0.3 is 14.2 Å². The van der Waals surface area contributed by atoms with E-state index in [0.717, 1.165) is 6.07 Å². The molecule has 45 heavy (non-hydrogen) atoms. The monoisotopic (exact) mass is 632 g/mol. The molecule has 0 saturated heterocycles. The summed E-state index contributed by atoms with van der Waals surface area (Å²) in [4.78, 5) is 12.9. The lowest BCUT2D eigenvalue weighted by molar-refractivity contribution is -0.156. The quantitative estimate of drug-likeness (QED) is 0.174. The average Bonchev–Trinajstić information content (AvgIpc) is 3.04. The second kappa shape index (κ2) is 14.0. The van der Waals surface area contributed by atoms with Crippen LogP contribution in [0.5, 0.6) is 11.5 Å². The van der Waals surface area contributed by atoms with Crippen molar-refractivity contribution in [1.82, 2.24) is 0 Å². The Hall–Kier alpha value is -3.95. The maximum absolute atomic E-state index is 15.2. The number of benzene rings is 3. The summed E-state index contributed by atoms with van der Waals surface area (Å²) in [5, 5.41) is 0. The Labute approximate surface area is 258 Å². The van der Waals surface area contributed by atoms with Crippen LogP contribution in [0, 0.1) is 40.8 Å². The average molecular weight is 633 g/mol. The lowest BCUT2D eigenvalue weighted by atomic mass is 9.81. The van der Waals surface area contributed by atoms with E-state index in [1.165, 1.54) is 30.3 Å². The summed E-state index contributed by atoms with van der Waals surface area (Å²) >= 11 is 0. The molecule has 0 N–H and O–H groups in total. The predicted molar refractivity (Wildman–Crippen MR) is 157 cm³/mol. The van der Waals surface area contributed by atoms with Crippen LogP contribution >= 0.6 is 0 Å². The highest BCUT2D eigenvalue weighted by Crippen LogP contribution is 2.40. The highest BCUT2D eigenvalue weighted by molar-refractivity contribution is 5.76. The molecule has 2 aliphatic rings. The van der Waals surface area contributed by atoms with E-state index in [2.05, 4.69) is 0 Å². The second-order valence-corrected chi connectivity index (χ2v) is 11.3. The molecule has 1 unspecified atom stereocenters. The Bertz CT molecular complexity index is 1600. The highest BCUT2D eigenvalue weighted by atomic mass is 19.2. The summed E-state index contributed by atoms with van der Waals surface area (Å²) in [7, 11) is 0. The first-order chi connectivity index (χ1) is 21.6. The van der Waals surface area contributed by atoms with Crippen LogP contribution in [0.2, 0.25) is 0 Å². The second-order valence-electron chi connectivity index (χ2n) is 11.3. The Balaban J connectivity index is 1.18. The molecule has 0 aliphatic heterocycles. The van der Waals surface area contributed by atoms with Gasteiger partial charge in [-0.25, -0.2) is 17.6 Å². The summed E-state index contributed by atoms with van der Waals surface area (Å²) in [5.41, 5.74) is 0.106. The van der Waals surface area contributed by atoms with Crippen molar-refractivity contribution in [3.8, 4) is 22.6 Å². The zero-order valence-corrected chi connectivity index (χ0v) is 25.0. The maximum Gasteiger partial charge on any atom is 0.309 e. The SMILES string of the molecule is CCOc1ccc(C2=CCC(C(=O)OC3CCC(c4ccc(-c5ccc(OCC)c(F)c5F)c(F)c4F)CC3)CC2)c(F)c1F. The molecule has 0 heterocycles. The van der Waals surface area contributed by atoms with E-state index in [9.17, 15) is 22.4 Å². The molecule has 10 heteroatoms. The van der Waals surface area contributed by atoms with Crippen LogP contribution in [0.4, 0.5) is 26.3 Å². The first kappa shape index (κ1) is 32.4. The first-order valence-electron chi connectivity index (χ1n) is 15.2. The van der Waals surface area contributed by atoms with Gasteiger partial charge in [-0.1, -0.05) is 18.2 Å². The minimum absolute atomic E-state index is 0.116. The van der Waals surface area contributed by atoms with Crippen LogP contribution in [0.25, 0.3) is 16.7 Å². The number of ether oxygens (including phenoxy) is 3. The standard InChI is InChI=1S/C35H34F6O4/c1-3-43-27-17-15-24(30(37)33(27)40)19-5-7-21(8-6-19)35(42)45-22-11-9-20(10-12-22)23-13-14-25(31(38)29(23)36)26-16-18-28(44-4-2)34(41)32(26)39/h5,13-18,20-22H,3-4,6-12H2,1-2H3. The largest absolute Gasteiger partial charge is 0.491 e. The summed E-state index contributed by atoms with van der Waals surface area (Å²) < 4.78 is 104. The number of carbonyl (C=O) groups excluding carboxylic acids is 1. The molecule has 1 saturated carbocycles. The number of allylic oxidation sites excluding steroid dienone is 2. The minimum Gasteiger partial charge on any atom is -0.491 e. The molecule has 0 amide bonds. The van der Waals surface area contributed by atoms with Crippen LogP contribution in [-0.4, -0.2) is 25.3 Å². The van der Waals surface area contributed by atoms with Crippen molar-refractivity contribution in [3.63, 3.8) is 0 Å². The predicted octanol–water partition coefficient (Wildman–Crippen LogP) is 9.44. The van der Waals surface area contributed by atoms with Gasteiger partial charge in [-0.05, 0) is 100 Å². The van der Waals surface area contributed by atoms with Crippen molar-refractivity contribution in [2.75, 3.05) is 13.2 Å². The van der Waals surface area contributed by atoms with Gasteiger partial charge in [-0.15, -0.1) is 0 Å². The number of esters is 1. The molecule has 3 aromatic carbocycles. The maximum atomic E-state index is 15.2. The molecule has 0 bridgehead atoms. The van der Waals surface area contributed by atoms with Crippen molar-refractivity contribution in [2.45, 2.75) is 70.8 Å². The molecule has 0 radical (unpaired) electrons. The molecule has 4 nitrogen and oxygen atoms in total. The smallest absolute Gasteiger partial charge is 0.309 e. The van der Waals surface area contributed by atoms with E-state index >= 15 is 8.78 Å². The lowest BCUT2D eigenvalue weighted by Gasteiger charge is -2.30. The number of hydrogen-bond donors (Lipinski definition) is 0. The number of hydrogen-bond acceptors (Lipinski definition) is 4. The zero-order valence-electron chi connectivity index (χ0n) is 25.0. The molecule has 240 valence electrons. The molecule has 3 aromatic rings. The third kappa shape index (κ3) is 6.70. The molecule has 0 aromatic heterocycles. The van der Waals surface area contributed by atoms with Gasteiger partial charge in [0.05, 0.1) is 19.1 Å². The fourth-order valence-electron chi connectivity index (χ4n) is 6.19. The van der Waals surface area contributed by atoms with E-state index in [0.29, 0.717) is 50.5 Å². The Morgan fingerprint density at radius 3 is 1.76 bits per heavy atom. The normalized spacial score (nSPS) is 20.0. The molecule has 1 fully saturated rings. The molecule has 2 aliphatic carbocycles. The number of carbonyl (C=O) groups is 1. The van der Waals surface area contributed by atoms with Crippen molar-refractivity contribution in [2.24, 2.45) is 5.92 Å². The Kier molecular flexibility index (Phi) is 10.1. The number of halogens is 6. The third-order valence-electron chi connectivity index (χ3n) is 8.58. The fourth-order valence-corrected chi connectivity index (χ4v) is 6.19. The Morgan fingerprint density at radius 1 is 0.667 bits per heavy atom. The van der Waals surface area contributed by atoms with Crippen LogP contribution < -0.4 is 9.47 Å². The van der Waals surface area contributed by atoms with Crippen molar-refractivity contribution >= 4 is 11.5 Å². The molecular weight excluding hydrogens is 598 g/mol. The van der Waals surface area contributed by atoms with E-state index in [1.807, 2.05) is 0 Å². The minimum atomic E-state index is -1.32. The third-order valence-corrected chi connectivity index (χ3v) is 8.58. The highest BCUT2D eigenvalue weighted by Gasteiger charge is 2.32. The van der Waals surface area contributed by atoms with E-state index in [4.69, 9.17) is 14.2 Å². The summed E-state index contributed by atoms with van der Waals surface area (Å²) in [6, 6.07) is 7.84. The van der Waals surface area contributed by atoms with Crippen LogP contribution in [-0.2, 0) is 9.53 Å². The summed E-state index contributed by atoms with van der Waals surface area (Å²) in [6.45, 7) is 3.62. The van der Waals surface area contributed by atoms with Gasteiger partial charge in [-0.3, -0.25) is 4.79 Å². The summed E-state index contributed by atoms with van der Waals surface area (Å²) in [5.74, 6) is -8.58. The van der Waals surface area contributed by atoms with Gasteiger partial charge in [0.2, 0.25) is 11.6 Å². The molecule has 1 atom stereocenters. The zero-order chi connectivity index (χ0) is 32.2. The number of rotatable bonds is 9. The molecule has 0 spiro atoms. The van der Waals surface area contributed by atoms with Crippen molar-refractivity contribution < 1.29 is 45.3 Å². The van der Waals surface area contributed by atoms with Gasteiger partial charge >= 0.3 is 5.97 Å². The van der Waals surface area contributed by atoms with E-state index < -0.39 is 51.9 Å². The van der Waals surface area contributed by atoms with E-state index in [1.54, 1.807) is 19.9 Å². The van der Waals surface area contributed by atoms with Gasteiger partial charge in [0.15, 0.2) is 34.8 Å². The topological polar surface area (TPSA) is 44.8 Å². The molecular formula is C35H34F6O4. The first-order valence-corrected chi connectivity index (χ1v) is 15.2. The van der Waals surface area contributed by atoms with Gasteiger partial charge in [0, 0.05) is 16.7 Å². The Morgan fingerprint density at radius 2 is 1.20 bits per heavy atom. The van der Waals surface area contributed by atoms with Gasteiger partial charge in [0.25, 0.3) is 0 Å². The van der Waals surface area contributed by atoms with Gasteiger partial charge in [0.1, 0.15) is 6.10 Å². The van der Waals surface area contributed by atoms with Crippen LogP contribution in [0.1, 0.15) is 75.8 Å². The van der Waals surface area contributed by atoms with Crippen molar-refractivity contribution in [3.05, 3.63) is 88.5 Å². The molecule has 5 rings (SSSR count). The lowest BCUT2D eigenvalue weighted by Crippen LogP contribution is -2.28. The van der Waals surface area contributed by atoms with E-state index in [-0.39, 0.29) is 53.8 Å². The fraction of sp³-hybridized carbons (Fsp3) is 0.400. The van der Waals surface area contributed by atoms with Gasteiger partial charge in [-0.2, -0.15) is 8.78 Å². The van der Waals surface area contributed by atoms with Crippen molar-refractivity contribution in [1.29, 1.82) is 0 Å².